The number of non-ortho nitro benzene ring substituents is 1. The van der Waals surface area contributed by atoms with E-state index in [1.807, 2.05) is 6.92 Å². The van der Waals surface area contributed by atoms with Crippen molar-refractivity contribution in [1.29, 1.82) is 0 Å². The summed E-state index contributed by atoms with van der Waals surface area (Å²) in [5, 5.41) is 22.4. The zero-order valence-electron chi connectivity index (χ0n) is 9.22. The van der Waals surface area contributed by atoms with Crippen molar-refractivity contribution in [3.8, 4) is 0 Å². The Morgan fingerprint density at radius 3 is 2.56 bits per heavy atom. The largest absolute Gasteiger partial charge is 0.396 e. The van der Waals surface area contributed by atoms with Gasteiger partial charge < -0.3 is 10.4 Å². The van der Waals surface area contributed by atoms with Crippen LogP contribution in [-0.4, -0.2) is 22.7 Å². The molecule has 2 N–H and O–H groups in total. The molecule has 0 heterocycles. The maximum Gasteiger partial charge on any atom is 0.269 e. The van der Waals surface area contributed by atoms with Crippen LogP contribution in [-0.2, 0) is 6.54 Å². The van der Waals surface area contributed by atoms with Crippen molar-refractivity contribution in [3.05, 3.63) is 39.9 Å². The zero-order valence-corrected chi connectivity index (χ0v) is 9.22. The van der Waals surface area contributed by atoms with Gasteiger partial charge in [-0.3, -0.25) is 10.1 Å². The van der Waals surface area contributed by atoms with Crippen molar-refractivity contribution in [1.82, 2.24) is 5.32 Å². The summed E-state index contributed by atoms with van der Waals surface area (Å²) in [7, 11) is 0. The van der Waals surface area contributed by atoms with E-state index < -0.39 is 4.92 Å². The van der Waals surface area contributed by atoms with E-state index in [9.17, 15) is 10.1 Å². The third-order valence-corrected chi connectivity index (χ3v) is 2.36. The fraction of sp³-hybridized carbons (Fsp3) is 0.455. The van der Waals surface area contributed by atoms with Gasteiger partial charge in [0.1, 0.15) is 0 Å². The van der Waals surface area contributed by atoms with Crippen molar-refractivity contribution in [2.24, 2.45) is 0 Å². The number of nitro benzene ring substituents is 1. The molecule has 0 spiro atoms. The molecule has 1 aromatic rings. The van der Waals surface area contributed by atoms with Crippen LogP contribution in [0.2, 0.25) is 0 Å². The van der Waals surface area contributed by atoms with Crippen LogP contribution in [0.4, 0.5) is 5.69 Å². The topological polar surface area (TPSA) is 75.4 Å². The number of nitrogens with zero attached hydrogens (tertiary/aromatic N) is 1. The molecule has 88 valence electrons. The number of hydrogen-bond acceptors (Lipinski definition) is 4. The highest BCUT2D eigenvalue weighted by Crippen LogP contribution is 2.11. The smallest absolute Gasteiger partial charge is 0.269 e. The monoisotopic (exact) mass is 224 g/mol. The summed E-state index contributed by atoms with van der Waals surface area (Å²) in [4.78, 5) is 10.0. The van der Waals surface area contributed by atoms with Gasteiger partial charge in [-0.15, -0.1) is 0 Å². The summed E-state index contributed by atoms with van der Waals surface area (Å²) >= 11 is 0. The Hall–Kier alpha value is -1.46. The highest BCUT2D eigenvalue weighted by molar-refractivity contribution is 5.32. The van der Waals surface area contributed by atoms with Gasteiger partial charge in [-0.25, -0.2) is 0 Å². The molecule has 0 aromatic heterocycles. The molecular formula is C11H16N2O3. The van der Waals surface area contributed by atoms with Crippen molar-refractivity contribution in [2.45, 2.75) is 25.9 Å². The van der Waals surface area contributed by atoms with Gasteiger partial charge in [-0.1, -0.05) is 12.1 Å². The highest BCUT2D eigenvalue weighted by Gasteiger charge is 2.04. The number of nitrogens with one attached hydrogen (secondary N) is 1. The molecule has 1 unspecified atom stereocenters. The number of nitro groups is 1. The van der Waals surface area contributed by atoms with Crippen LogP contribution >= 0.6 is 0 Å². The molecule has 5 nitrogen and oxygen atoms in total. The molecular weight excluding hydrogens is 208 g/mol. The van der Waals surface area contributed by atoms with Crippen LogP contribution in [0.5, 0.6) is 0 Å². The molecule has 16 heavy (non-hydrogen) atoms. The lowest BCUT2D eigenvalue weighted by Gasteiger charge is -2.11. The van der Waals surface area contributed by atoms with E-state index >= 15 is 0 Å². The van der Waals surface area contributed by atoms with Crippen molar-refractivity contribution in [3.63, 3.8) is 0 Å². The van der Waals surface area contributed by atoms with Crippen molar-refractivity contribution >= 4 is 5.69 Å². The standard InChI is InChI=1S/C11H16N2O3/c1-9(6-7-14)12-8-10-2-4-11(5-3-10)13(15)16/h2-5,9,12,14H,6-8H2,1H3. The molecule has 0 aliphatic carbocycles. The number of hydrogen-bond donors (Lipinski definition) is 2. The second-order valence-corrected chi connectivity index (χ2v) is 3.72. The maximum atomic E-state index is 10.4. The third-order valence-electron chi connectivity index (χ3n) is 2.36. The van der Waals surface area contributed by atoms with Crippen molar-refractivity contribution < 1.29 is 10.0 Å². The number of aliphatic hydroxyl groups excluding tert-OH is 1. The number of rotatable bonds is 6. The lowest BCUT2D eigenvalue weighted by Crippen LogP contribution is -2.26. The molecule has 0 saturated heterocycles. The minimum Gasteiger partial charge on any atom is -0.396 e. The van der Waals surface area contributed by atoms with Crippen molar-refractivity contribution in [2.75, 3.05) is 6.61 Å². The lowest BCUT2D eigenvalue weighted by molar-refractivity contribution is -0.384. The summed E-state index contributed by atoms with van der Waals surface area (Å²) in [5.74, 6) is 0. The predicted octanol–water partition coefficient (Wildman–Crippen LogP) is 1.46. The Kier molecular flexibility index (Phi) is 4.88. The fourth-order valence-electron chi connectivity index (χ4n) is 1.32. The van der Waals surface area contributed by atoms with E-state index in [0.717, 1.165) is 5.56 Å². The predicted molar refractivity (Wildman–Crippen MR) is 61.1 cm³/mol. The Labute approximate surface area is 94.3 Å². The van der Waals surface area contributed by atoms with Crippen LogP contribution < -0.4 is 5.32 Å². The van der Waals surface area contributed by atoms with Crippen LogP contribution in [0.1, 0.15) is 18.9 Å². The van der Waals surface area contributed by atoms with Crippen LogP contribution in [0.15, 0.2) is 24.3 Å². The second kappa shape index (κ2) is 6.19. The van der Waals surface area contributed by atoms with Gasteiger partial charge in [0, 0.05) is 31.3 Å². The third kappa shape index (κ3) is 3.96. The fourth-order valence-corrected chi connectivity index (χ4v) is 1.32. The minimum absolute atomic E-state index is 0.104. The number of aliphatic hydroxyl groups is 1. The molecule has 0 bridgehead atoms. The first-order valence-electron chi connectivity index (χ1n) is 5.21. The average molecular weight is 224 g/mol. The van der Waals surface area contributed by atoms with E-state index in [0.29, 0.717) is 13.0 Å². The summed E-state index contributed by atoms with van der Waals surface area (Å²) < 4.78 is 0. The first-order valence-corrected chi connectivity index (χ1v) is 5.21. The van der Waals surface area contributed by atoms with E-state index in [1.54, 1.807) is 12.1 Å². The Balaban J connectivity index is 2.46. The first kappa shape index (κ1) is 12.6. The average Bonchev–Trinajstić information content (AvgIpc) is 2.27. The zero-order chi connectivity index (χ0) is 12.0. The van der Waals surface area contributed by atoms with Gasteiger partial charge in [-0.2, -0.15) is 0 Å². The lowest BCUT2D eigenvalue weighted by atomic mass is 10.2. The second-order valence-electron chi connectivity index (χ2n) is 3.72. The molecule has 0 amide bonds. The summed E-state index contributed by atoms with van der Waals surface area (Å²) in [6, 6.07) is 6.69. The molecule has 5 heteroatoms. The SMILES string of the molecule is CC(CCO)NCc1ccc([N+](=O)[O-])cc1. The van der Waals surface area contributed by atoms with Gasteiger partial charge in [0.05, 0.1) is 4.92 Å². The van der Waals surface area contributed by atoms with Gasteiger partial charge in [0.2, 0.25) is 0 Å². The van der Waals surface area contributed by atoms with Crippen LogP contribution in [0, 0.1) is 10.1 Å². The minimum atomic E-state index is -0.411. The molecule has 0 fully saturated rings. The Morgan fingerprint density at radius 2 is 2.06 bits per heavy atom. The normalized spacial score (nSPS) is 12.4. The van der Waals surface area contributed by atoms with E-state index in [2.05, 4.69) is 5.32 Å². The Morgan fingerprint density at radius 1 is 1.44 bits per heavy atom. The Bertz CT molecular complexity index is 338. The molecule has 1 aromatic carbocycles. The highest BCUT2D eigenvalue weighted by atomic mass is 16.6. The summed E-state index contributed by atoms with van der Waals surface area (Å²) in [6.07, 6.45) is 0.701. The summed E-state index contributed by atoms with van der Waals surface area (Å²) in [6.45, 7) is 2.80. The van der Waals surface area contributed by atoms with E-state index in [1.165, 1.54) is 12.1 Å². The van der Waals surface area contributed by atoms with E-state index in [-0.39, 0.29) is 18.3 Å². The number of benzene rings is 1. The van der Waals surface area contributed by atoms with Gasteiger partial charge >= 0.3 is 0 Å². The molecule has 0 aliphatic heterocycles. The van der Waals surface area contributed by atoms with Gasteiger partial charge in [-0.05, 0) is 18.9 Å². The molecule has 1 rings (SSSR count). The van der Waals surface area contributed by atoms with Gasteiger partial charge in [0.15, 0.2) is 0 Å². The van der Waals surface area contributed by atoms with E-state index in [4.69, 9.17) is 5.11 Å². The maximum absolute atomic E-state index is 10.4. The van der Waals surface area contributed by atoms with Gasteiger partial charge in [0.25, 0.3) is 5.69 Å². The van der Waals surface area contributed by atoms with Crippen LogP contribution in [0.3, 0.4) is 0 Å². The quantitative estimate of drug-likeness (QED) is 0.566. The molecule has 0 radical (unpaired) electrons. The molecule has 0 aliphatic rings. The first-order chi connectivity index (χ1) is 7.63. The van der Waals surface area contributed by atoms with Crippen LogP contribution in [0.25, 0.3) is 0 Å². The summed E-state index contributed by atoms with van der Waals surface area (Å²) in [5.41, 5.74) is 1.10. The molecule has 0 saturated carbocycles. The molecule has 1 atom stereocenters.